The zero-order valence-corrected chi connectivity index (χ0v) is 17.9. The predicted octanol–water partition coefficient (Wildman–Crippen LogP) is 6.55. The number of rotatable bonds is 5. The maximum absolute atomic E-state index is 12.8. The van der Waals surface area contributed by atoms with Gasteiger partial charge in [-0.05, 0) is 43.7 Å². The monoisotopic (exact) mass is 439 g/mol. The highest BCUT2D eigenvalue weighted by Gasteiger charge is 2.24. The van der Waals surface area contributed by atoms with E-state index in [1.807, 2.05) is 36.6 Å². The lowest BCUT2D eigenvalue weighted by molar-refractivity contribution is 0.0529. The number of ether oxygens (including phenoxy) is 1. The zero-order valence-electron chi connectivity index (χ0n) is 16.3. The summed E-state index contributed by atoms with van der Waals surface area (Å²) < 4.78 is 10.9. The van der Waals surface area contributed by atoms with Crippen molar-refractivity contribution in [3.63, 3.8) is 0 Å². The molecule has 0 atom stereocenters. The normalized spacial score (nSPS) is 10.9. The molecule has 30 heavy (non-hydrogen) atoms. The molecule has 2 heterocycles. The third-order valence-electron chi connectivity index (χ3n) is 4.56. The Balaban J connectivity index is 1.69. The average molecular weight is 440 g/mol. The molecular weight excluding hydrogens is 422 g/mol. The molecule has 4 rings (SSSR count). The molecule has 0 aliphatic carbocycles. The molecule has 2 aromatic heterocycles. The number of halogens is 1. The van der Waals surface area contributed by atoms with Gasteiger partial charge in [0.1, 0.15) is 16.1 Å². The molecule has 0 unspecified atom stereocenters. The van der Waals surface area contributed by atoms with Crippen molar-refractivity contribution in [2.24, 2.45) is 0 Å². The lowest BCUT2D eigenvalue weighted by atomic mass is 10.0. The molecule has 7 heteroatoms. The maximum Gasteiger partial charge on any atom is 0.341 e. The SMILES string of the molecule is CCOC(=O)c1c(-c2ccc(C)cc2)csc1NC(=O)c1cc2cc(Cl)ccc2o1. The van der Waals surface area contributed by atoms with Gasteiger partial charge in [0.2, 0.25) is 0 Å². The Morgan fingerprint density at radius 1 is 1.13 bits per heavy atom. The number of esters is 1. The summed E-state index contributed by atoms with van der Waals surface area (Å²) in [5, 5.41) is 6.33. The molecule has 0 saturated carbocycles. The lowest BCUT2D eigenvalue weighted by Gasteiger charge is -2.08. The van der Waals surface area contributed by atoms with Crippen LogP contribution in [-0.2, 0) is 4.74 Å². The van der Waals surface area contributed by atoms with Gasteiger partial charge in [-0.1, -0.05) is 41.4 Å². The van der Waals surface area contributed by atoms with E-state index in [1.54, 1.807) is 31.2 Å². The van der Waals surface area contributed by atoms with Crippen LogP contribution in [0, 0.1) is 6.92 Å². The molecule has 1 N–H and O–H groups in total. The second kappa shape index (κ2) is 8.34. The maximum atomic E-state index is 12.8. The fourth-order valence-electron chi connectivity index (χ4n) is 3.09. The number of benzene rings is 2. The van der Waals surface area contributed by atoms with Crippen LogP contribution in [0.3, 0.4) is 0 Å². The summed E-state index contributed by atoms with van der Waals surface area (Å²) in [4.78, 5) is 25.5. The molecule has 152 valence electrons. The predicted molar refractivity (Wildman–Crippen MR) is 120 cm³/mol. The first-order chi connectivity index (χ1) is 14.5. The largest absolute Gasteiger partial charge is 0.462 e. The number of aryl methyl sites for hydroxylation is 1. The first-order valence-electron chi connectivity index (χ1n) is 9.32. The molecule has 0 saturated heterocycles. The number of nitrogens with one attached hydrogen (secondary N) is 1. The molecular formula is C23H18ClNO4S. The topological polar surface area (TPSA) is 68.5 Å². The minimum Gasteiger partial charge on any atom is -0.462 e. The number of hydrogen-bond acceptors (Lipinski definition) is 5. The van der Waals surface area contributed by atoms with Gasteiger partial charge >= 0.3 is 5.97 Å². The van der Waals surface area contributed by atoms with Gasteiger partial charge in [0.05, 0.1) is 6.61 Å². The molecule has 0 aliphatic rings. The van der Waals surface area contributed by atoms with E-state index in [0.717, 1.165) is 16.5 Å². The van der Waals surface area contributed by atoms with Crippen LogP contribution in [0.4, 0.5) is 5.00 Å². The van der Waals surface area contributed by atoms with Crippen LogP contribution < -0.4 is 5.32 Å². The molecule has 0 spiro atoms. The molecule has 0 radical (unpaired) electrons. The summed E-state index contributed by atoms with van der Waals surface area (Å²) in [5.74, 6) is -0.807. The first-order valence-corrected chi connectivity index (χ1v) is 10.6. The van der Waals surface area contributed by atoms with Crippen LogP contribution in [0.25, 0.3) is 22.1 Å². The number of hydrogen-bond donors (Lipinski definition) is 1. The van der Waals surface area contributed by atoms with Crippen LogP contribution >= 0.6 is 22.9 Å². The first kappa shape index (κ1) is 20.2. The van der Waals surface area contributed by atoms with E-state index in [1.165, 1.54) is 11.3 Å². The molecule has 2 aromatic carbocycles. The number of anilines is 1. The quantitative estimate of drug-likeness (QED) is 0.358. The van der Waals surface area contributed by atoms with Crippen LogP contribution in [0.1, 0.15) is 33.4 Å². The van der Waals surface area contributed by atoms with E-state index in [0.29, 0.717) is 26.7 Å². The van der Waals surface area contributed by atoms with Crippen molar-refractivity contribution < 1.29 is 18.7 Å². The summed E-state index contributed by atoms with van der Waals surface area (Å²) in [6.07, 6.45) is 0. The number of fused-ring (bicyclic) bond motifs is 1. The summed E-state index contributed by atoms with van der Waals surface area (Å²) in [6, 6.07) is 14.6. The Hall–Kier alpha value is -3.09. The van der Waals surface area contributed by atoms with Crippen LogP contribution in [-0.4, -0.2) is 18.5 Å². The van der Waals surface area contributed by atoms with Crippen molar-refractivity contribution in [2.75, 3.05) is 11.9 Å². The summed E-state index contributed by atoms with van der Waals surface area (Å²) in [7, 11) is 0. The Labute approximate surface area is 182 Å². The van der Waals surface area contributed by atoms with Gasteiger partial charge in [-0.25, -0.2) is 4.79 Å². The lowest BCUT2D eigenvalue weighted by Crippen LogP contribution is -2.14. The molecule has 0 fully saturated rings. The van der Waals surface area contributed by atoms with Crippen molar-refractivity contribution in [3.8, 4) is 11.1 Å². The van der Waals surface area contributed by atoms with E-state index >= 15 is 0 Å². The second-order valence-electron chi connectivity index (χ2n) is 6.69. The van der Waals surface area contributed by atoms with Gasteiger partial charge in [-0.3, -0.25) is 4.79 Å². The molecule has 5 nitrogen and oxygen atoms in total. The fourth-order valence-corrected chi connectivity index (χ4v) is 4.23. The van der Waals surface area contributed by atoms with Gasteiger partial charge in [0.15, 0.2) is 5.76 Å². The highest BCUT2D eigenvalue weighted by Crippen LogP contribution is 2.37. The van der Waals surface area contributed by atoms with Gasteiger partial charge in [0.25, 0.3) is 5.91 Å². The third kappa shape index (κ3) is 3.97. The van der Waals surface area contributed by atoms with Gasteiger partial charge < -0.3 is 14.5 Å². The third-order valence-corrected chi connectivity index (χ3v) is 5.69. The zero-order chi connectivity index (χ0) is 21.3. The van der Waals surface area contributed by atoms with E-state index in [2.05, 4.69) is 5.32 Å². The van der Waals surface area contributed by atoms with E-state index in [9.17, 15) is 9.59 Å². The van der Waals surface area contributed by atoms with Crippen LogP contribution in [0.15, 0.2) is 58.3 Å². The summed E-state index contributed by atoms with van der Waals surface area (Å²) in [5.41, 5.74) is 3.59. The molecule has 0 aliphatic heterocycles. The molecule has 4 aromatic rings. The number of carbonyl (C=O) groups is 2. The Bertz CT molecular complexity index is 1240. The van der Waals surface area contributed by atoms with Crippen molar-refractivity contribution in [2.45, 2.75) is 13.8 Å². The van der Waals surface area contributed by atoms with Gasteiger partial charge in [-0.15, -0.1) is 11.3 Å². The summed E-state index contributed by atoms with van der Waals surface area (Å²) in [6.45, 7) is 3.98. The van der Waals surface area contributed by atoms with Crippen LogP contribution in [0.2, 0.25) is 5.02 Å². The Kier molecular flexibility index (Phi) is 5.61. The highest BCUT2D eigenvalue weighted by atomic mass is 35.5. The number of amides is 1. The summed E-state index contributed by atoms with van der Waals surface area (Å²) >= 11 is 7.27. The second-order valence-corrected chi connectivity index (χ2v) is 8.00. The van der Waals surface area contributed by atoms with Crippen molar-refractivity contribution >= 4 is 50.8 Å². The van der Waals surface area contributed by atoms with E-state index in [-0.39, 0.29) is 12.4 Å². The standard InChI is InChI=1S/C23H18ClNO4S/c1-3-28-23(27)20-17(14-6-4-13(2)5-7-14)12-30-22(20)25-21(26)19-11-15-10-16(24)8-9-18(15)29-19/h4-12H,3H2,1-2H3,(H,25,26). The van der Waals surface area contributed by atoms with Crippen molar-refractivity contribution in [1.29, 1.82) is 0 Å². The van der Waals surface area contributed by atoms with Crippen molar-refractivity contribution in [1.82, 2.24) is 0 Å². The van der Waals surface area contributed by atoms with Crippen LogP contribution in [0.5, 0.6) is 0 Å². The van der Waals surface area contributed by atoms with Crippen molar-refractivity contribution in [3.05, 3.63) is 75.8 Å². The Morgan fingerprint density at radius 3 is 2.63 bits per heavy atom. The molecule has 0 bridgehead atoms. The van der Waals surface area contributed by atoms with Gasteiger partial charge in [-0.2, -0.15) is 0 Å². The van der Waals surface area contributed by atoms with E-state index < -0.39 is 11.9 Å². The number of thiophene rings is 1. The minimum atomic E-state index is -0.485. The average Bonchev–Trinajstić information content (AvgIpc) is 3.32. The number of carbonyl (C=O) groups excluding carboxylic acids is 2. The minimum absolute atomic E-state index is 0.132. The van der Waals surface area contributed by atoms with Gasteiger partial charge in [0, 0.05) is 21.4 Å². The number of furan rings is 1. The Morgan fingerprint density at radius 2 is 1.90 bits per heavy atom. The highest BCUT2D eigenvalue weighted by molar-refractivity contribution is 7.15. The van der Waals surface area contributed by atoms with E-state index in [4.69, 9.17) is 20.8 Å². The molecule has 1 amide bonds. The smallest absolute Gasteiger partial charge is 0.341 e. The fraction of sp³-hybridized carbons (Fsp3) is 0.130.